The molecule has 0 heterocycles. The van der Waals surface area contributed by atoms with Gasteiger partial charge in [-0.25, -0.2) is 0 Å². The molecule has 0 atom stereocenters. The first-order chi connectivity index (χ1) is 21.9. The van der Waals surface area contributed by atoms with Crippen LogP contribution in [-0.2, 0) is 38.5 Å². The van der Waals surface area contributed by atoms with Gasteiger partial charge in [-0.15, -0.1) is 0 Å². The van der Waals surface area contributed by atoms with E-state index in [0.29, 0.717) is 0 Å². The Labute approximate surface area is 307 Å². The second-order valence-corrected chi connectivity index (χ2v) is 21.8. The van der Waals surface area contributed by atoms with E-state index in [1.807, 2.05) is 0 Å². The molecule has 0 spiro atoms. The van der Waals surface area contributed by atoms with Crippen molar-refractivity contribution in [2.45, 2.75) is 72.1 Å². The fraction of sp³-hybridized carbons (Fsp3) is 0.267. The van der Waals surface area contributed by atoms with Crippen LogP contribution in [0, 0.1) is 5.41 Å². The van der Waals surface area contributed by atoms with E-state index in [1.165, 1.54) is 61.2 Å². The standard InChI is InChI=1S/C23H21.C13H10.C9H13.2ClH.Zr/c1-22(2)7-5-14-10-18-16(12-20(14)22)9-17-13-21-15(11-19(17)18)6-8-23(21,3)4;1-3-7-12(8-4-1)11-13-9-5-2-6-10-13;1-9(2,3)8-6-4-5-7-8;;;/h5-7,10-13H,9H2,1-4H3;1-10H;6-7H,4H2,1-3H3;2*1H;/q;;;;;+2/p-2. The van der Waals surface area contributed by atoms with Crippen molar-refractivity contribution in [2.24, 2.45) is 5.41 Å². The van der Waals surface area contributed by atoms with Crippen LogP contribution in [0.15, 0.2) is 115 Å². The maximum atomic E-state index is 2.65. The third-order valence-corrected chi connectivity index (χ3v) is 19.2. The van der Waals surface area contributed by atoms with Crippen molar-refractivity contribution in [1.29, 1.82) is 0 Å². The van der Waals surface area contributed by atoms with Crippen LogP contribution in [-0.4, -0.2) is 3.21 Å². The van der Waals surface area contributed by atoms with Crippen LogP contribution < -0.4 is 24.8 Å². The van der Waals surface area contributed by atoms with Crippen LogP contribution in [0.1, 0.15) is 99.4 Å². The summed E-state index contributed by atoms with van der Waals surface area (Å²) in [4.78, 5) is 0. The van der Waals surface area contributed by atoms with Gasteiger partial charge in [0.25, 0.3) is 0 Å². The van der Waals surface area contributed by atoms with Gasteiger partial charge in [0.15, 0.2) is 0 Å². The molecule has 0 radical (unpaired) electrons. The third kappa shape index (κ3) is 5.69. The number of halogens is 2. The second kappa shape index (κ2) is 12.5. The fourth-order valence-electron chi connectivity index (χ4n) is 8.29. The Morgan fingerprint density at radius 2 is 1.25 bits per heavy atom. The molecule has 0 saturated carbocycles. The third-order valence-electron chi connectivity index (χ3n) is 10.9. The van der Waals surface area contributed by atoms with Gasteiger partial charge in [-0.05, 0) is 0 Å². The first-order valence-corrected chi connectivity index (χ1v) is 20.6. The van der Waals surface area contributed by atoms with Crippen LogP contribution >= 0.6 is 0 Å². The number of hydrogen-bond acceptors (Lipinski definition) is 0. The Bertz CT molecular complexity index is 2050. The van der Waals surface area contributed by atoms with Crippen molar-refractivity contribution in [3.05, 3.63) is 160 Å². The molecule has 242 valence electrons. The molecular weight excluding hydrogens is 703 g/mol. The zero-order valence-electron chi connectivity index (χ0n) is 29.1. The SMILES string of the molecule is CC(C)(C)C1=CC[C]([Zr+2]([C]2=Cc3cc4c(cc3C2(C)C)Cc2cc3c(cc2-4)C=CC3(C)C)=[C](c2ccccc2)c2ccccc2)=C1.[Cl-].[Cl-]. The Balaban J connectivity index is 0.00000201. The Morgan fingerprint density at radius 3 is 1.81 bits per heavy atom. The Kier molecular flexibility index (Phi) is 9.12. The van der Waals surface area contributed by atoms with Crippen molar-refractivity contribution in [3.63, 3.8) is 0 Å². The molecule has 0 N–H and O–H groups in total. The summed E-state index contributed by atoms with van der Waals surface area (Å²) in [7, 11) is 0. The summed E-state index contributed by atoms with van der Waals surface area (Å²) in [5, 5.41) is 0. The van der Waals surface area contributed by atoms with Crippen LogP contribution in [0.2, 0.25) is 0 Å². The molecule has 4 aliphatic rings. The minimum Gasteiger partial charge on any atom is -1.00 e. The zero-order chi connectivity index (χ0) is 32.0. The van der Waals surface area contributed by atoms with E-state index in [2.05, 4.69) is 164 Å². The van der Waals surface area contributed by atoms with Gasteiger partial charge in [0, 0.05) is 0 Å². The summed E-state index contributed by atoms with van der Waals surface area (Å²) >= 11 is -2.71. The molecule has 0 aliphatic heterocycles. The number of fused-ring (bicyclic) bond motifs is 5. The second-order valence-electron chi connectivity index (χ2n) is 15.9. The maximum Gasteiger partial charge on any atom is -1.00 e. The average molecular weight is 747 g/mol. The van der Waals surface area contributed by atoms with E-state index < -0.39 is 21.3 Å². The number of hydrogen-bond donors (Lipinski definition) is 0. The Morgan fingerprint density at radius 1 is 0.688 bits per heavy atom. The van der Waals surface area contributed by atoms with Crippen molar-refractivity contribution in [3.8, 4) is 11.1 Å². The van der Waals surface area contributed by atoms with E-state index in [1.54, 1.807) is 9.77 Å². The van der Waals surface area contributed by atoms with Crippen molar-refractivity contribution in [2.75, 3.05) is 0 Å². The molecule has 4 aromatic rings. The normalized spacial score (nSPS) is 17.0. The van der Waals surface area contributed by atoms with Gasteiger partial charge >= 0.3 is 285 Å². The molecule has 4 aliphatic carbocycles. The minimum absolute atomic E-state index is 0. The van der Waals surface area contributed by atoms with Gasteiger partial charge in [0.1, 0.15) is 0 Å². The summed E-state index contributed by atoms with van der Waals surface area (Å²) < 4.78 is 5.00. The van der Waals surface area contributed by atoms with Gasteiger partial charge in [0.2, 0.25) is 0 Å². The number of allylic oxidation sites excluding steroid dienone is 6. The monoisotopic (exact) mass is 744 g/mol. The van der Waals surface area contributed by atoms with Gasteiger partial charge in [0.05, 0.1) is 0 Å². The summed E-state index contributed by atoms with van der Waals surface area (Å²) in [6, 6.07) is 32.7. The molecular formula is C45H44Cl2Zr. The summed E-state index contributed by atoms with van der Waals surface area (Å²) in [5.41, 5.74) is 16.2. The average Bonchev–Trinajstić information content (AvgIpc) is 3.78. The molecule has 0 bridgehead atoms. The van der Waals surface area contributed by atoms with Crippen molar-refractivity contribution in [1.82, 2.24) is 0 Å². The smallest absolute Gasteiger partial charge is 1.00 e. The topological polar surface area (TPSA) is 0 Å². The van der Waals surface area contributed by atoms with Crippen molar-refractivity contribution < 1.29 is 46.1 Å². The van der Waals surface area contributed by atoms with Crippen LogP contribution in [0.4, 0.5) is 0 Å². The molecule has 0 nitrogen and oxygen atoms in total. The molecule has 0 unspecified atom stereocenters. The molecule has 4 aromatic carbocycles. The predicted octanol–water partition coefficient (Wildman–Crippen LogP) is 5.35. The van der Waals surface area contributed by atoms with E-state index in [9.17, 15) is 0 Å². The maximum absolute atomic E-state index is 2.71. The molecule has 48 heavy (non-hydrogen) atoms. The quantitative estimate of drug-likeness (QED) is 0.233. The molecule has 0 saturated heterocycles. The van der Waals surface area contributed by atoms with Crippen LogP contribution in [0.25, 0.3) is 23.3 Å². The van der Waals surface area contributed by atoms with Crippen molar-refractivity contribution >= 4 is 15.4 Å². The van der Waals surface area contributed by atoms with E-state index in [0.717, 1.165) is 12.8 Å². The summed E-state index contributed by atoms with van der Waals surface area (Å²) in [6.07, 6.45) is 14.6. The summed E-state index contributed by atoms with van der Waals surface area (Å²) in [5.74, 6) is 0. The van der Waals surface area contributed by atoms with Gasteiger partial charge in [-0.2, -0.15) is 0 Å². The van der Waals surface area contributed by atoms with Crippen LogP contribution in [0.3, 0.4) is 0 Å². The van der Waals surface area contributed by atoms with E-state index in [-0.39, 0.29) is 41.1 Å². The molecule has 0 amide bonds. The zero-order valence-corrected chi connectivity index (χ0v) is 33.1. The molecule has 8 rings (SSSR count). The van der Waals surface area contributed by atoms with Gasteiger partial charge in [-0.3, -0.25) is 0 Å². The van der Waals surface area contributed by atoms with Gasteiger partial charge < -0.3 is 24.8 Å². The molecule has 0 aromatic heterocycles. The first kappa shape index (κ1) is 35.0. The summed E-state index contributed by atoms with van der Waals surface area (Å²) in [6.45, 7) is 16.8. The van der Waals surface area contributed by atoms with Crippen LogP contribution in [0.5, 0.6) is 0 Å². The number of benzene rings is 4. The van der Waals surface area contributed by atoms with E-state index >= 15 is 0 Å². The largest absolute Gasteiger partial charge is 1.00 e. The minimum atomic E-state index is -2.71. The fourth-order valence-corrected chi connectivity index (χ4v) is 16.9. The number of rotatable bonds is 4. The van der Waals surface area contributed by atoms with E-state index in [4.69, 9.17) is 0 Å². The molecule has 0 fully saturated rings. The predicted molar refractivity (Wildman–Crippen MR) is 194 cm³/mol. The van der Waals surface area contributed by atoms with Gasteiger partial charge in [-0.1, -0.05) is 0 Å². The molecule has 3 heteroatoms. The first-order valence-electron chi connectivity index (χ1n) is 17.0. The Hall–Kier alpha value is -2.83.